The SMILES string of the molecule is c1ccc2c(c1)C1c3ccccc3C2c2cc3c(cc21)C1c2cc4c(cc2C3c2cc3c(cc21)C1c2ccccc2C3c2ccccc21)C1c2ccccc2C4c2ccccc21. The summed E-state index contributed by atoms with van der Waals surface area (Å²) in [5.74, 6) is 1.88. The maximum Gasteiger partial charge on any atom is 0.0349 e. The van der Waals surface area contributed by atoms with Crippen molar-refractivity contribution in [3.63, 3.8) is 0 Å². The second-order valence-corrected chi connectivity index (χ2v) is 19.6. The average Bonchev–Trinajstić information content (AvgIpc) is 3.34. The Morgan fingerprint density at radius 3 is 0.339 bits per heavy atom. The molecule has 0 fully saturated rings. The normalized spacial score (nSPS) is 24.8. The van der Waals surface area contributed by atoms with Crippen LogP contribution in [0.25, 0.3) is 0 Å². The molecule has 62 heavy (non-hydrogen) atoms. The molecule has 286 valence electrons. The van der Waals surface area contributed by atoms with E-state index in [-0.39, 0.29) is 47.3 Å². The van der Waals surface area contributed by atoms with Crippen molar-refractivity contribution in [3.05, 3.63) is 316 Å². The summed E-state index contributed by atoms with van der Waals surface area (Å²) in [6.45, 7) is 0. The third-order valence-electron chi connectivity index (χ3n) is 17.3. The van der Waals surface area contributed by atoms with Crippen LogP contribution in [0.3, 0.4) is 0 Å². The molecule has 9 aromatic carbocycles. The molecule has 0 radical (unpaired) electrons. The van der Waals surface area contributed by atoms with Crippen LogP contribution < -0.4 is 0 Å². The molecule has 21 rings (SSSR count). The van der Waals surface area contributed by atoms with Crippen molar-refractivity contribution in [2.45, 2.75) is 47.3 Å². The summed E-state index contributed by atoms with van der Waals surface area (Å²) in [7, 11) is 0. The van der Waals surface area contributed by atoms with Crippen LogP contribution in [0.4, 0.5) is 0 Å². The standard InChI is InChI=1S/C62H38/c1-2-14-32-31(13-1)55-33-15-3-4-16-34(33)56(32)44-26-50-49(25-43(44)55)61-51-27-45-47(59-39-21-9-5-17-35(39)57(45)36-18-6-10-22-40(36)59)29-53(51)62(50)54-30-48-46(28-52(54)61)58-37-19-7-11-23-41(37)60(48)42-24-12-8-20-38(42)58/h1-30,55-62H. The van der Waals surface area contributed by atoms with Gasteiger partial charge in [-0.3, -0.25) is 0 Å². The van der Waals surface area contributed by atoms with Gasteiger partial charge in [-0.1, -0.05) is 182 Å². The zero-order valence-corrected chi connectivity index (χ0v) is 33.9. The Hall–Kier alpha value is -7.02. The van der Waals surface area contributed by atoms with Gasteiger partial charge in [-0.25, -0.2) is 0 Å². The summed E-state index contributed by atoms with van der Waals surface area (Å²) in [5.41, 5.74) is 36.4. The van der Waals surface area contributed by atoms with Gasteiger partial charge in [0.25, 0.3) is 0 Å². The minimum absolute atomic E-state index is 0.170. The summed E-state index contributed by atoms with van der Waals surface area (Å²) < 4.78 is 0. The summed E-state index contributed by atoms with van der Waals surface area (Å²) in [4.78, 5) is 0. The predicted molar refractivity (Wildman–Crippen MR) is 246 cm³/mol. The van der Waals surface area contributed by atoms with Gasteiger partial charge in [-0.15, -0.1) is 0 Å². The monoisotopic (exact) mass is 782 g/mol. The number of rotatable bonds is 0. The Morgan fingerprint density at radius 1 is 0.129 bits per heavy atom. The van der Waals surface area contributed by atoms with Crippen LogP contribution in [0.15, 0.2) is 182 Å². The van der Waals surface area contributed by atoms with E-state index in [1.165, 1.54) is 100 Å². The number of hydrogen-bond acceptors (Lipinski definition) is 0. The molecule has 8 bridgehead atoms. The Balaban J connectivity index is 0.951. The van der Waals surface area contributed by atoms with Crippen LogP contribution in [-0.4, -0.2) is 0 Å². The van der Waals surface area contributed by atoms with Crippen LogP contribution in [0, 0.1) is 0 Å². The molecular weight excluding hydrogens is 745 g/mol. The predicted octanol–water partition coefficient (Wildman–Crippen LogP) is 13.6. The topological polar surface area (TPSA) is 0 Å². The Morgan fingerprint density at radius 2 is 0.226 bits per heavy atom. The zero-order valence-electron chi connectivity index (χ0n) is 33.9. The van der Waals surface area contributed by atoms with Gasteiger partial charge in [0.15, 0.2) is 0 Å². The van der Waals surface area contributed by atoms with Crippen molar-refractivity contribution in [2.75, 3.05) is 0 Å². The first-order valence-electron chi connectivity index (χ1n) is 22.9. The van der Waals surface area contributed by atoms with E-state index in [1.54, 1.807) is 33.4 Å². The van der Waals surface area contributed by atoms with E-state index >= 15 is 0 Å². The first kappa shape index (κ1) is 31.8. The summed E-state index contributed by atoms with van der Waals surface area (Å²) in [6, 6.07) is 72.4. The number of benzene rings is 9. The quantitative estimate of drug-likeness (QED) is 0.144. The highest BCUT2D eigenvalue weighted by Crippen LogP contribution is 2.66. The molecule has 0 spiro atoms. The zero-order chi connectivity index (χ0) is 39.7. The van der Waals surface area contributed by atoms with Crippen LogP contribution in [0.1, 0.15) is 181 Å². The van der Waals surface area contributed by atoms with Gasteiger partial charge in [0.1, 0.15) is 0 Å². The minimum Gasteiger partial charge on any atom is -0.0619 e. The first-order chi connectivity index (χ1) is 30.8. The van der Waals surface area contributed by atoms with Crippen LogP contribution in [-0.2, 0) is 0 Å². The van der Waals surface area contributed by atoms with Crippen LogP contribution >= 0.6 is 0 Å². The smallest absolute Gasteiger partial charge is 0.0349 e. The van der Waals surface area contributed by atoms with Gasteiger partial charge in [0, 0.05) is 47.3 Å². The third-order valence-corrected chi connectivity index (χ3v) is 17.3. The van der Waals surface area contributed by atoms with E-state index in [4.69, 9.17) is 0 Å². The van der Waals surface area contributed by atoms with Gasteiger partial charge in [-0.05, 0) is 134 Å². The van der Waals surface area contributed by atoms with Gasteiger partial charge in [0.2, 0.25) is 0 Å². The first-order valence-corrected chi connectivity index (χ1v) is 22.9. The van der Waals surface area contributed by atoms with E-state index in [1.807, 2.05) is 0 Å². The highest BCUT2D eigenvalue weighted by molar-refractivity contribution is 5.79. The molecule has 0 atom stereocenters. The largest absolute Gasteiger partial charge is 0.0619 e. The molecule has 0 unspecified atom stereocenters. The lowest BCUT2D eigenvalue weighted by Gasteiger charge is -2.49. The van der Waals surface area contributed by atoms with Gasteiger partial charge in [-0.2, -0.15) is 0 Å². The van der Waals surface area contributed by atoms with E-state index in [2.05, 4.69) is 182 Å². The lowest BCUT2D eigenvalue weighted by Crippen LogP contribution is -2.35. The van der Waals surface area contributed by atoms with E-state index in [9.17, 15) is 0 Å². The molecule has 0 nitrogen and oxygen atoms in total. The van der Waals surface area contributed by atoms with Crippen molar-refractivity contribution >= 4 is 0 Å². The molecular formula is C62H38. The maximum absolute atomic E-state index is 2.73. The average molecular weight is 783 g/mol. The maximum atomic E-state index is 2.73. The van der Waals surface area contributed by atoms with Crippen molar-refractivity contribution in [2.24, 2.45) is 0 Å². The minimum atomic E-state index is 0.170. The molecule has 0 saturated carbocycles. The Kier molecular flexibility index (Phi) is 5.49. The third kappa shape index (κ3) is 3.47. The molecule has 9 aromatic rings. The fourth-order valence-electron chi connectivity index (χ4n) is 15.2. The van der Waals surface area contributed by atoms with E-state index in [0.717, 1.165) is 0 Å². The van der Waals surface area contributed by atoms with Crippen molar-refractivity contribution in [1.29, 1.82) is 0 Å². The fraction of sp³-hybridized carbons (Fsp3) is 0.129. The molecule has 0 aromatic heterocycles. The molecule has 12 aliphatic rings. The Labute approximate surface area is 361 Å². The van der Waals surface area contributed by atoms with Gasteiger partial charge >= 0.3 is 0 Å². The van der Waals surface area contributed by atoms with Crippen molar-refractivity contribution in [3.8, 4) is 0 Å². The van der Waals surface area contributed by atoms with Gasteiger partial charge < -0.3 is 0 Å². The molecule has 0 saturated heterocycles. The Bertz CT molecular complexity index is 2850. The van der Waals surface area contributed by atoms with Crippen LogP contribution in [0.5, 0.6) is 0 Å². The van der Waals surface area contributed by atoms with Crippen molar-refractivity contribution < 1.29 is 0 Å². The molecule has 12 aliphatic carbocycles. The van der Waals surface area contributed by atoms with Gasteiger partial charge in [0.05, 0.1) is 0 Å². The summed E-state index contributed by atoms with van der Waals surface area (Å²) in [5, 5.41) is 0. The molecule has 0 heterocycles. The fourth-order valence-corrected chi connectivity index (χ4v) is 15.2. The number of hydrogen-bond donors (Lipinski definition) is 0. The lowest BCUT2D eigenvalue weighted by atomic mass is 9.53. The molecule has 0 N–H and O–H groups in total. The van der Waals surface area contributed by atoms with E-state index in [0.29, 0.717) is 0 Å². The molecule has 0 heteroatoms. The molecule has 0 aliphatic heterocycles. The lowest BCUT2D eigenvalue weighted by molar-refractivity contribution is 0.691. The summed E-state index contributed by atoms with van der Waals surface area (Å²) >= 11 is 0. The highest BCUT2D eigenvalue weighted by atomic mass is 14.5. The summed E-state index contributed by atoms with van der Waals surface area (Å²) in [6.07, 6.45) is 0. The second-order valence-electron chi connectivity index (χ2n) is 19.6. The second kappa shape index (κ2) is 10.7. The highest BCUT2D eigenvalue weighted by Gasteiger charge is 2.51. The molecule has 0 amide bonds. The van der Waals surface area contributed by atoms with Crippen molar-refractivity contribution in [1.82, 2.24) is 0 Å². The van der Waals surface area contributed by atoms with Crippen LogP contribution in [0.2, 0.25) is 0 Å². The van der Waals surface area contributed by atoms with E-state index < -0.39 is 0 Å².